The van der Waals surface area contributed by atoms with Crippen LogP contribution in [0.4, 0.5) is 0 Å². The van der Waals surface area contributed by atoms with Crippen LogP contribution in [0.15, 0.2) is 0 Å². The van der Waals surface area contributed by atoms with Crippen LogP contribution < -0.4 is 51.4 Å². The van der Waals surface area contributed by atoms with Crippen LogP contribution >= 0.6 is 0 Å². The molecule has 0 amide bonds. The summed E-state index contributed by atoms with van der Waals surface area (Å²) in [5.41, 5.74) is 0. The van der Waals surface area contributed by atoms with E-state index in [9.17, 15) is 0 Å². The summed E-state index contributed by atoms with van der Waals surface area (Å²) >= 11 is 0. The van der Waals surface area contributed by atoms with Gasteiger partial charge < -0.3 is 15.4 Å². The van der Waals surface area contributed by atoms with Crippen molar-refractivity contribution in [3.05, 3.63) is 0 Å². The number of quaternary nitrogens is 1. The molecule has 0 spiro atoms. The fourth-order valence-electron chi connectivity index (χ4n) is 0. The molecule has 48 valence electrons. The van der Waals surface area contributed by atoms with Gasteiger partial charge in [0.1, 0.15) is 0 Å². The van der Waals surface area contributed by atoms with Crippen molar-refractivity contribution in [3.8, 4) is 0 Å². The Morgan fingerprint density at radius 2 is 0.750 bits per heavy atom. The maximum absolute atomic E-state index is 2.12. The van der Waals surface area contributed by atoms with Crippen molar-refractivity contribution in [2.24, 2.45) is 0 Å². The Kier molecular flexibility index (Phi) is 24.1. The maximum atomic E-state index is 2.12. The van der Waals surface area contributed by atoms with Gasteiger partial charge in [0.2, 0.25) is 0 Å². The fraction of sp³-hybridized carbons (Fsp3) is 1.00. The first-order valence-corrected chi connectivity index (χ1v) is 1.79. The summed E-state index contributed by atoms with van der Waals surface area (Å²) in [5.74, 6) is 0. The van der Waals surface area contributed by atoms with Crippen molar-refractivity contribution >= 4 is 0 Å². The molecular weight excluding hydrogens is 133 g/mol. The van der Waals surface area contributed by atoms with E-state index in [0.717, 1.165) is 4.48 Å². The van der Waals surface area contributed by atoms with E-state index in [1.165, 1.54) is 0 Å². The van der Waals surface area contributed by atoms with E-state index in [0.29, 0.717) is 0 Å². The molecule has 0 aromatic heterocycles. The summed E-state index contributed by atoms with van der Waals surface area (Å²) in [7, 11) is 8.50. The SMILES string of the molecule is C[N+](C)(C)C.[K+].[OH-].[OH-]. The van der Waals surface area contributed by atoms with E-state index in [-0.39, 0.29) is 62.3 Å². The summed E-state index contributed by atoms with van der Waals surface area (Å²) < 4.78 is 1.00. The van der Waals surface area contributed by atoms with Gasteiger partial charge in [-0.15, -0.1) is 0 Å². The van der Waals surface area contributed by atoms with Crippen LogP contribution in [0.5, 0.6) is 0 Å². The number of nitrogens with zero attached hydrogens (tertiary/aromatic N) is 1. The quantitative estimate of drug-likeness (QED) is 0.270. The van der Waals surface area contributed by atoms with Gasteiger partial charge in [-0.05, 0) is 0 Å². The van der Waals surface area contributed by atoms with Crippen LogP contribution in [0.25, 0.3) is 0 Å². The summed E-state index contributed by atoms with van der Waals surface area (Å²) in [4.78, 5) is 0. The largest absolute Gasteiger partial charge is 1.00 e. The smallest absolute Gasteiger partial charge is 0.870 e. The predicted molar refractivity (Wildman–Crippen MR) is 27.8 cm³/mol. The Balaban J connectivity index is -0.0000000267. The molecule has 0 atom stereocenters. The molecule has 0 aliphatic carbocycles. The van der Waals surface area contributed by atoms with Gasteiger partial charge in [-0.1, -0.05) is 0 Å². The van der Waals surface area contributed by atoms with Gasteiger partial charge in [-0.2, -0.15) is 0 Å². The Morgan fingerprint density at radius 3 is 0.750 bits per heavy atom. The molecule has 3 nitrogen and oxygen atoms in total. The van der Waals surface area contributed by atoms with Gasteiger partial charge in [0.05, 0.1) is 28.2 Å². The van der Waals surface area contributed by atoms with Crippen LogP contribution in [0.3, 0.4) is 0 Å². The third-order valence-electron chi connectivity index (χ3n) is 0. The van der Waals surface area contributed by atoms with Crippen molar-refractivity contribution in [3.63, 3.8) is 0 Å². The Hall–Kier alpha value is 1.52. The average Bonchev–Trinajstić information content (AvgIpc) is 0.722. The summed E-state index contributed by atoms with van der Waals surface area (Å²) in [6.45, 7) is 0. The molecule has 0 heterocycles. The van der Waals surface area contributed by atoms with Crippen LogP contribution in [-0.2, 0) is 0 Å². The summed E-state index contributed by atoms with van der Waals surface area (Å²) in [6.07, 6.45) is 0. The number of hydrogen-bond acceptors (Lipinski definition) is 2. The molecule has 0 saturated heterocycles. The van der Waals surface area contributed by atoms with Crippen LogP contribution in [-0.4, -0.2) is 43.6 Å². The topological polar surface area (TPSA) is 60.0 Å². The van der Waals surface area contributed by atoms with Crippen molar-refractivity contribution in [2.45, 2.75) is 0 Å². The molecule has 0 saturated carbocycles. The molecule has 0 bridgehead atoms. The molecular formula is C4H14KNO2. The first-order chi connectivity index (χ1) is 2.00. The zero-order valence-corrected chi connectivity index (χ0v) is 9.46. The molecule has 0 fully saturated rings. The standard InChI is InChI=1S/C4H12N.K.2H2O/c1-5(2,3)4;;;/h1-4H3;;2*1H2/q2*+1;;/p-2. The van der Waals surface area contributed by atoms with E-state index in [2.05, 4.69) is 28.2 Å². The van der Waals surface area contributed by atoms with Gasteiger partial charge in [0.25, 0.3) is 0 Å². The Morgan fingerprint density at radius 1 is 0.750 bits per heavy atom. The van der Waals surface area contributed by atoms with Gasteiger partial charge in [0.15, 0.2) is 0 Å². The van der Waals surface area contributed by atoms with E-state index >= 15 is 0 Å². The minimum absolute atomic E-state index is 0. The van der Waals surface area contributed by atoms with Gasteiger partial charge >= 0.3 is 51.4 Å². The Bertz CT molecular complexity index is 29.5. The number of rotatable bonds is 0. The first-order valence-electron chi connectivity index (χ1n) is 1.79. The van der Waals surface area contributed by atoms with Crippen LogP contribution in [0.1, 0.15) is 0 Å². The molecule has 0 unspecified atom stereocenters. The van der Waals surface area contributed by atoms with Gasteiger partial charge in [-0.3, -0.25) is 0 Å². The van der Waals surface area contributed by atoms with E-state index < -0.39 is 0 Å². The second kappa shape index (κ2) is 8.52. The molecule has 4 heteroatoms. The Labute approximate surface area is 93.7 Å². The van der Waals surface area contributed by atoms with Gasteiger partial charge in [0, 0.05) is 0 Å². The van der Waals surface area contributed by atoms with Crippen LogP contribution in [0, 0.1) is 0 Å². The summed E-state index contributed by atoms with van der Waals surface area (Å²) in [5, 5.41) is 0. The van der Waals surface area contributed by atoms with Gasteiger partial charge in [-0.25, -0.2) is 0 Å². The minimum Gasteiger partial charge on any atom is -0.870 e. The van der Waals surface area contributed by atoms with Crippen molar-refractivity contribution in [2.75, 3.05) is 28.2 Å². The third kappa shape index (κ3) is 139. The normalized spacial score (nSPS) is 7.50. The predicted octanol–water partition coefficient (Wildman–Crippen LogP) is -3.03. The molecule has 0 aromatic rings. The zero-order valence-electron chi connectivity index (χ0n) is 6.34. The van der Waals surface area contributed by atoms with Crippen molar-refractivity contribution < 1.29 is 66.8 Å². The third-order valence-corrected chi connectivity index (χ3v) is 0. The second-order valence-corrected chi connectivity index (χ2v) is 2.68. The molecule has 0 rings (SSSR count). The minimum atomic E-state index is 0. The second-order valence-electron chi connectivity index (χ2n) is 2.68. The molecule has 0 aromatic carbocycles. The van der Waals surface area contributed by atoms with Crippen molar-refractivity contribution in [1.29, 1.82) is 0 Å². The van der Waals surface area contributed by atoms with Crippen LogP contribution in [0.2, 0.25) is 0 Å². The zero-order chi connectivity index (χ0) is 4.50. The summed E-state index contributed by atoms with van der Waals surface area (Å²) in [6, 6.07) is 0. The van der Waals surface area contributed by atoms with Crippen molar-refractivity contribution in [1.82, 2.24) is 0 Å². The molecule has 0 aliphatic rings. The maximum Gasteiger partial charge on any atom is 1.00 e. The van der Waals surface area contributed by atoms with E-state index in [4.69, 9.17) is 0 Å². The average molecular weight is 147 g/mol. The van der Waals surface area contributed by atoms with E-state index in [1.54, 1.807) is 0 Å². The molecule has 8 heavy (non-hydrogen) atoms. The number of hydrogen-bond donors (Lipinski definition) is 0. The molecule has 0 radical (unpaired) electrons. The fourth-order valence-corrected chi connectivity index (χ4v) is 0. The first kappa shape index (κ1) is 22.7. The molecule has 2 N–H and O–H groups in total. The van der Waals surface area contributed by atoms with E-state index in [1.807, 2.05) is 0 Å². The molecule has 0 aliphatic heterocycles. The monoisotopic (exact) mass is 147 g/mol.